The number of thioether (sulfide) groups is 1. The Morgan fingerprint density at radius 1 is 1.27 bits per heavy atom. The van der Waals surface area contributed by atoms with Crippen molar-refractivity contribution in [1.82, 2.24) is 4.98 Å². The number of alkyl halides is 2. The lowest BCUT2D eigenvalue weighted by molar-refractivity contribution is -0.123. The molecule has 0 aliphatic carbocycles. The number of halogens is 2. The molecule has 0 aliphatic heterocycles. The first kappa shape index (κ1) is 19.3. The van der Waals surface area contributed by atoms with Gasteiger partial charge >= 0.3 is 5.97 Å². The second-order valence-corrected chi connectivity index (χ2v) is 5.94. The number of amides is 1. The Balaban J connectivity index is 2.02. The highest BCUT2D eigenvalue weighted by Crippen LogP contribution is 2.27. The third-order valence-corrected chi connectivity index (χ3v) is 3.85. The molecule has 0 spiro atoms. The summed E-state index contributed by atoms with van der Waals surface area (Å²) in [7, 11) is 0. The van der Waals surface area contributed by atoms with Crippen molar-refractivity contribution in [2.75, 3.05) is 5.32 Å². The molecule has 1 amide bonds. The molecule has 0 fully saturated rings. The standard InChI is InChI=1S/C17H13F2N3O3S/c1-10(14(23)22-12-6-4-11(9-20)5-7-12)25-16(24)13-3-2-8-21-15(13)26-17(18)19/h2-8,10,17H,1H3,(H,22,23)/t10-/m1/s1. The van der Waals surface area contributed by atoms with Gasteiger partial charge in [-0.3, -0.25) is 4.79 Å². The molecule has 1 aromatic carbocycles. The third-order valence-electron chi connectivity index (χ3n) is 3.13. The molecular formula is C17H13F2N3O3S. The van der Waals surface area contributed by atoms with Crippen molar-refractivity contribution in [3.63, 3.8) is 0 Å². The Morgan fingerprint density at radius 3 is 2.58 bits per heavy atom. The lowest BCUT2D eigenvalue weighted by Gasteiger charge is -2.14. The van der Waals surface area contributed by atoms with Crippen LogP contribution < -0.4 is 5.32 Å². The number of ether oxygens (including phenoxy) is 1. The number of carbonyl (C=O) groups is 2. The Bertz CT molecular complexity index is 838. The van der Waals surface area contributed by atoms with E-state index in [4.69, 9.17) is 10.00 Å². The van der Waals surface area contributed by atoms with Gasteiger partial charge in [0.2, 0.25) is 0 Å². The van der Waals surface area contributed by atoms with Gasteiger partial charge in [-0.2, -0.15) is 14.0 Å². The smallest absolute Gasteiger partial charge is 0.341 e. The van der Waals surface area contributed by atoms with Crippen molar-refractivity contribution in [1.29, 1.82) is 5.26 Å². The molecule has 0 bridgehead atoms. The fourth-order valence-corrected chi connectivity index (χ4v) is 2.44. The number of carbonyl (C=O) groups excluding carboxylic acids is 2. The second-order valence-electron chi connectivity index (χ2n) is 4.96. The molecule has 1 heterocycles. The third kappa shape index (κ3) is 5.26. The summed E-state index contributed by atoms with van der Waals surface area (Å²) in [6.45, 7) is 1.35. The van der Waals surface area contributed by atoms with Crippen LogP contribution in [0.15, 0.2) is 47.6 Å². The van der Waals surface area contributed by atoms with Crippen molar-refractivity contribution < 1.29 is 23.1 Å². The molecule has 1 aromatic heterocycles. The Hall–Kier alpha value is -2.99. The van der Waals surface area contributed by atoms with E-state index in [2.05, 4.69) is 10.3 Å². The minimum absolute atomic E-state index is 0.123. The van der Waals surface area contributed by atoms with Gasteiger partial charge in [0.1, 0.15) is 5.03 Å². The van der Waals surface area contributed by atoms with Crippen LogP contribution in [0, 0.1) is 11.3 Å². The van der Waals surface area contributed by atoms with E-state index >= 15 is 0 Å². The number of benzene rings is 1. The van der Waals surface area contributed by atoms with Crippen LogP contribution in [-0.2, 0) is 9.53 Å². The topological polar surface area (TPSA) is 92.1 Å². The van der Waals surface area contributed by atoms with E-state index in [1.165, 1.54) is 49.5 Å². The minimum atomic E-state index is -2.74. The Kier molecular flexibility index (Phi) is 6.63. The first-order valence-electron chi connectivity index (χ1n) is 7.32. The summed E-state index contributed by atoms with van der Waals surface area (Å²) < 4.78 is 30.1. The number of hydrogen-bond acceptors (Lipinski definition) is 6. The van der Waals surface area contributed by atoms with E-state index in [1.54, 1.807) is 0 Å². The quantitative estimate of drug-likeness (QED) is 0.612. The summed E-state index contributed by atoms with van der Waals surface area (Å²) in [5.74, 6) is -4.27. The summed E-state index contributed by atoms with van der Waals surface area (Å²) in [5, 5.41) is 11.1. The average Bonchev–Trinajstić information content (AvgIpc) is 2.62. The first-order valence-corrected chi connectivity index (χ1v) is 8.20. The molecule has 6 nitrogen and oxygen atoms in total. The average molecular weight is 377 g/mol. The number of nitrogens with one attached hydrogen (secondary N) is 1. The normalized spacial score (nSPS) is 11.5. The first-order chi connectivity index (χ1) is 12.4. The summed E-state index contributed by atoms with van der Waals surface area (Å²) in [4.78, 5) is 28.0. The number of rotatable bonds is 6. The van der Waals surface area contributed by atoms with Crippen LogP contribution in [0.1, 0.15) is 22.8 Å². The molecule has 0 saturated carbocycles. The van der Waals surface area contributed by atoms with Crippen molar-refractivity contribution in [3.05, 3.63) is 53.7 Å². The van der Waals surface area contributed by atoms with E-state index < -0.39 is 23.7 Å². The Labute approximate surface area is 152 Å². The minimum Gasteiger partial charge on any atom is -0.449 e. The van der Waals surface area contributed by atoms with Gasteiger partial charge in [-0.05, 0) is 55.1 Å². The number of pyridine rings is 1. The van der Waals surface area contributed by atoms with Crippen molar-refractivity contribution in [2.24, 2.45) is 0 Å². The number of hydrogen-bond donors (Lipinski definition) is 1. The largest absolute Gasteiger partial charge is 0.449 e. The van der Waals surface area contributed by atoms with Gasteiger partial charge in [0.05, 0.1) is 17.2 Å². The predicted molar refractivity (Wildman–Crippen MR) is 90.8 cm³/mol. The van der Waals surface area contributed by atoms with Crippen LogP contribution in [-0.4, -0.2) is 28.7 Å². The molecule has 1 N–H and O–H groups in total. The summed E-state index contributed by atoms with van der Waals surface area (Å²) in [6.07, 6.45) is 0.116. The van der Waals surface area contributed by atoms with Crippen LogP contribution in [0.4, 0.5) is 14.5 Å². The summed E-state index contributed by atoms with van der Waals surface area (Å²) in [6, 6.07) is 10.8. The van der Waals surface area contributed by atoms with Gasteiger partial charge in [0.25, 0.3) is 11.7 Å². The van der Waals surface area contributed by atoms with Crippen LogP contribution >= 0.6 is 11.8 Å². The zero-order valence-electron chi connectivity index (χ0n) is 13.5. The Morgan fingerprint density at radius 2 is 1.96 bits per heavy atom. The van der Waals surface area contributed by atoms with Gasteiger partial charge in [0, 0.05) is 11.9 Å². The molecule has 2 aromatic rings. The van der Waals surface area contributed by atoms with Crippen LogP contribution in [0.25, 0.3) is 0 Å². The van der Waals surface area contributed by atoms with Crippen molar-refractivity contribution in [2.45, 2.75) is 23.8 Å². The molecule has 2 rings (SSSR count). The van der Waals surface area contributed by atoms with E-state index in [0.29, 0.717) is 11.3 Å². The van der Waals surface area contributed by atoms with Crippen LogP contribution in [0.3, 0.4) is 0 Å². The van der Waals surface area contributed by atoms with Gasteiger partial charge in [-0.15, -0.1) is 0 Å². The molecule has 0 saturated heterocycles. The lowest BCUT2D eigenvalue weighted by Crippen LogP contribution is -2.30. The maximum absolute atomic E-state index is 12.5. The zero-order valence-corrected chi connectivity index (χ0v) is 14.3. The van der Waals surface area contributed by atoms with Gasteiger partial charge < -0.3 is 10.1 Å². The maximum atomic E-state index is 12.5. The molecule has 134 valence electrons. The van der Waals surface area contributed by atoms with Gasteiger partial charge in [-0.25, -0.2) is 9.78 Å². The highest BCUT2D eigenvalue weighted by molar-refractivity contribution is 7.99. The molecular weight excluding hydrogens is 364 g/mol. The highest BCUT2D eigenvalue weighted by atomic mass is 32.2. The van der Waals surface area contributed by atoms with Gasteiger partial charge in [-0.1, -0.05) is 0 Å². The monoisotopic (exact) mass is 377 g/mol. The summed E-state index contributed by atoms with van der Waals surface area (Å²) >= 11 is 0.123. The van der Waals surface area contributed by atoms with E-state index in [1.807, 2.05) is 6.07 Å². The van der Waals surface area contributed by atoms with E-state index in [0.717, 1.165) is 0 Å². The fourth-order valence-electron chi connectivity index (χ4n) is 1.87. The number of aromatic nitrogens is 1. The molecule has 9 heteroatoms. The second kappa shape index (κ2) is 8.92. The molecule has 0 unspecified atom stereocenters. The van der Waals surface area contributed by atoms with E-state index in [9.17, 15) is 18.4 Å². The van der Waals surface area contributed by atoms with E-state index in [-0.39, 0.29) is 22.4 Å². The maximum Gasteiger partial charge on any atom is 0.341 e. The predicted octanol–water partition coefficient (Wildman–Crippen LogP) is 3.45. The van der Waals surface area contributed by atoms with Gasteiger partial charge in [0.15, 0.2) is 6.10 Å². The van der Waals surface area contributed by atoms with Crippen molar-refractivity contribution >= 4 is 29.3 Å². The van der Waals surface area contributed by atoms with Crippen molar-refractivity contribution in [3.8, 4) is 6.07 Å². The number of nitriles is 1. The lowest BCUT2D eigenvalue weighted by atomic mass is 10.2. The number of esters is 1. The number of anilines is 1. The molecule has 0 radical (unpaired) electrons. The number of nitrogens with zero attached hydrogens (tertiary/aromatic N) is 2. The van der Waals surface area contributed by atoms with Crippen LogP contribution in [0.5, 0.6) is 0 Å². The fraction of sp³-hybridized carbons (Fsp3) is 0.176. The van der Waals surface area contributed by atoms with Crippen LogP contribution in [0.2, 0.25) is 0 Å². The zero-order chi connectivity index (χ0) is 19.1. The molecule has 0 aliphatic rings. The highest BCUT2D eigenvalue weighted by Gasteiger charge is 2.23. The summed E-state index contributed by atoms with van der Waals surface area (Å²) in [5.41, 5.74) is 0.714. The molecule has 26 heavy (non-hydrogen) atoms. The molecule has 1 atom stereocenters. The SMILES string of the molecule is C[C@@H](OC(=O)c1cccnc1SC(F)F)C(=O)Nc1ccc(C#N)cc1.